The zero-order chi connectivity index (χ0) is 11.1. The number of para-hydroxylation sites is 1. The molecule has 1 fully saturated rings. The summed E-state index contributed by atoms with van der Waals surface area (Å²) in [6.07, 6.45) is -0.0468. The number of hydrogen-bond acceptors (Lipinski definition) is 5. The van der Waals surface area contributed by atoms with Crippen molar-refractivity contribution >= 4 is 11.4 Å². The highest BCUT2D eigenvalue weighted by Crippen LogP contribution is 2.39. The maximum absolute atomic E-state index is 10.8. The molecule has 16 heavy (non-hydrogen) atoms. The van der Waals surface area contributed by atoms with Gasteiger partial charge in [-0.05, 0) is 6.07 Å². The van der Waals surface area contributed by atoms with E-state index in [0.717, 1.165) is 0 Å². The third-order valence-electron chi connectivity index (χ3n) is 2.84. The summed E-state index contributed by atoms with van der Waals surface area (Å²) in [5.74, 6) is 0.529. The molecule has 84 valence electrons. The average Bonchev–Trinajstić information content (AvgIpc) is 2.71. The first-order valence-electron chi connectivity index (χ1n) is 5.04. The van der Waals surface area contributed by atoms with Gasteiger partial charge in [0.1, 0.15) is 11.9 Å². The summed E-state index contributed by atoms with van der Waals surface area (Å²) in [6, 6.07) is 4.82. The fourth-order valence-electron chi connectivity index (χ4n) is 2.05. The summed E-state index contributed by atoms with van der Waals surface area (Å²) >= 11 is 0. The van der Waals surface area contributed by atoms with Gasteiger partial charge in [-0.25, -0.2) is 0 Å². The van der Waals surface area contributed by atoms with E-state index in [2.05, 4.69) is 5.32 Å². The largest absolute Gasteiger partial charge is 0.483 e. The van der Waals surface area contributed by atoms with E-state index in [-0.39, 0.29) is 17.8 Å². The molecule has 6 nitrogen and oxygen atoms in total. The fourth-order valence-corrected chi connectivity index (χ4v) is 2.05. The molecule has 0 bridgehead atoms. The number of nitro benzene ring substituents is 1. The number of benzene rings is 1. The number of anilines is 1. The molecule has 1 aromatic carbocycles. The van der Waals surface area contributed by atoms with Crippen LogP contribution in [0.2, 0.25) is 0 Å². The maximum Gasteiger partial charge on any atom is 0.296 e. The van der Waals surface area contributed by atoms with Crippen molar-refractivity contribution in [2.75, 3.05) is 18.5 Å². The van der Waals surface area contributed by atoms with Crippen molar-refractivity contribution in [2.24, 2.45) is 0 Å². The maximum atomic E-state index is 10.8. The minimum absolute atomic E-state index is 0.00796. The topological polar surface area (TPSA) is 73.6 Å². The van der Waals surface area contributed by atoms with Gasteiger partial charge in [0, 0.05) is 6.07 Å². The van der Waals surface area contributed by atoms with Crippen LogP contribution in [0.25, 0.3) is 0 Å². The minimum Gasteiger partial charge on any atom is -0.483 e. The van der Waals surface area contributed by atoms with E-state index in [9.17, 15) is 10.1 Å². The summed E-state index contributed by atoms with van der Waals surface area (Å²) < 4.78 is 10.9. The number of hydrogen-bond donors (Lipinski definition) is 1. The molecular weight excluding hydrogens is 212 g/mol. The van der Waals surface area contributed by atoms with Crippen molar-refractivity contribution in [2.45, 2.75) is 12.1 Å². The van der Waals surface area contributed by atoms with Crippen molar-refractivity contribution in [3.8, 4) is 5.75 Å². The Balaban J connectivity index is 2.04. The predicted molar refractivity (Wildman–Crippen MR) is 55.7 cm³/mol. The SMILES string of the molecule is O=[N+]([O-])c1cccc2c1N[C@H]1COC[C@H]1O2. The molecule has 1 aromatic rings. The van der Waals surface area contributed by atoms with Crippen LogP contribution in [0.3, 0.4) is 0 Å². The van der Waals surface area contributed by atoms with Gasteiger partial charge in [-0.1, -0.05) is 6.07 Å². The first-order chi connectivity index (χ1) is 7.75. The molecule has 0 aliphatic carbocycles. The first-order valence-corrected chi connectivity index (χ1v) is 5.04. The van der Waals surface area contributed by atoms with Gasteiger partial charge in [-0.2, -0.15) is 0 Å². The van der Waals surface area contributed by atoms with Gasteiger partial charge in [-0.3, -0.25) is 10.1 Å². The number of ether oxygens (including phenoxy) is 2. The van der Waals surface area contributed by atoms with Gasteiger partial charge in [0.2, 0.25) is 0 Å². The van der Waals surface area contributed by atoms with Crippen LogP contribution in [0, 0.1) is 10.1 Å². The fraction of sp³-hybridized carbons (Fsp3) is 0.400. The Bertz CT molecular complexity index is 448. The molecule has 0 unspecified atom stereocenters. The van der Waals surface area contributed by atoms with E-state index < -0.39 is 4.92 Å². The number of nitrogens with zero attached hydrogens (tertiary/aromatic N) is 1. The lowest BCUT2D eigenvalue weighted by Gasteiger charge is -2.28. The summed E-state index contributed by atoms with van der Waals surface area (Å²) in [4.78, 5) is 10.4. The van der Waals surface area contributed by atoms with Crippen molar-refractivity contribution in [1.29, 1.82) is 0 Å². The van der Waals surface area contributed by atoms with Gasteiger partial charge < -0.3 is 14.8 Å². The highest BCUT2D eigenvalue weighted by atomic mass is 16.6. The zero-order valence-corrected chi connectivity index (χ0v) is 8.38. The number of nitrogens with one attached hydrogen (secondary N) is 1. The number of rotatable bonds is 1. The van der Waals surface area contributed by atoms with Gasteiger partial charge in [-0.15, -0.1) is 0 Å². The molecule has 1 saturated heterocycles. The molecule has 2 atom stereocenters. The molecule has 0 spiro atoms. The van der Waals surface area contributed by atoms with Crippen LogP contribution in [0.15, 0.2) is 18.2 Å². The van der Waals surface area contributed by atoms with Gasteiger partial charge >= 0.3 is 0 Å². The van der Waals surface area contributed by atoms with Crippen molar-refractivity contribution in [1.82, 2.24) is 0 Å². The van der Waals surface area contributed by atoms with Gasteiger partial charge in [0.15, 0.2) is 5.69 Å². The molecule has 3 rings (SSSR count). The van der Waals surface area contributed by atoms with Crippen LogP contribution in [0.5, 0.6) is 5.75 Å². The molecular formula is C10H10N2O4. The van der Waals surface area contributed by atoms with Crippen LogP contribution < -0.4 is 10.1 Å². The zero-order valence-electron chi connectivity index (χ0n) is 8.38. The van der Waals surface area contributed by atoms with Crippen molar-refractivity contribution in [3.63, 3.8) is 0 Å². The second-order valence-electron chi connectivity index (χ2n) is 3.85. The Morgan fingerprint density at radius 2 is 2.31 bits per heavy atom. The van der Waals surface area contributed by atoms with E-state index >= 15 is 0 Å². The Kier molecular flexibility index (Phi) is 1.97. The lowest BCUT2D eigenvalue weighted by Crippen LogP contribution is -2.40. The highest BCUT2D eigenvalue weighted by molar-refractivity contribution is 5.71. The molecule has 2 heterocycles. The standard InChI is InChI=1S/C10H10N2O4/c13-12(14)7-2-1-3-8-10(7)11-6-4-15-5-9(6)16-8/h1-3,6,9,11H,4-5H2/t6-,9+/m0/s1. The summed E-state index contributed by atoms with van der Waals surface area (Å²) in [6.45, 7) is 1.05. The van der Waals surface area contributed by atoms with E-state index in [1.165, 1.54) is 6.07 Å². The van der Waals surface area contributed by atoms with E-state index in [0.29, 0.717) is 24.7 Å². The Labute approximate surface area is 91.3 Å². The van der Waals surface area contributed by atoms with Crippen molar-refractivity contribution in [3.05, 3.63) is 28.3 Å². The minimum atomic E-state index is -0.411. The lowest BCUT2D eigenvalue weighted by molar-refractivity contribution is -0.384. The summed E-state index contributed by atoms with van der Waals surface area (Å²) in [5, 5.41) is 14.0. The first kappa shape index (κ1) is 9.41. The third kappa shape index (κ3) is 1.30. The van der Waals surface area contributed by atoms with Crippen LogP contribution >= 0.6 is 0 Å². The predicted octanol–water partition coefficient (Wildman–Crippen LogP) is 1.17. The quantitative estimate of drug-likeness (QED) is 0.570. The average molecular weight is 222 g/mol. The highest BCUT2D eigenvalue weighted by Gasteiger charge is 2.37. The van der Waals surface area contributed by atoms with Crippen LogP contribution in [0.4, 0.5) is 11.4 Å². The van der Waals surface area contributed by atoms with Crippen LogP contribution in [-0.2, 0) is 4.74 Å². The van der Waals surface area contributed by atoms with Gasteiger partial charge in [0.25, 0.3) is 5.69 Å². The monoisotopic (exact) mass is 222 g/mol. The van der Waals surface area contributed by atoms with E-state index in [4.69, 9.17) is 9.47 Å². The molecule has 0 radical (unpaired) electrons. The Morgan fingerprint density at radius 1 is 1.44 bits per heavy atom. The number of nitro groups is 1. The molecule has 2 aliphatic heterocycles. The molecule has 6 heteroatoms. The van der Waals surface area contributed by atoms with E-state index in [1.54, 1.807) is 12.1 Å². The normalized spacial score (nSPS) is 26.2. The molecule has 0 saturated carbocycles. The van der Waals surface area contributed by atoms with E-state index in [1.807, 2.05) is 0 Å². The molecule has 0 amide bonds. The molecule has 2 aliphatic rings. The molecule has 0 aromatic heterocycles. The van der Waals surface area contributed by atoms with Gasteiger partial charge in [0.05, 0.1) is 24.2 Å². The second kappa shape index (κ2) is 3.34. The summed E-state index contributed by atoms with van der Waals surface area (Å²) in [7, 11) is 0. The second-order valence-corrected chi connectivity index (χ2v) is 3.85. The molecule has 1 N–H and O–H groups in total. The third-order valence-corrected chi connectivity index (χ3v) is 2.84. The van der Waals surface area contributed by atoms with Crippen LogP contribution in [-0.4, -0.2) is 30.3 Å². The smallest absolute Gasteiger partial charge is 0.296 e. The Hall–Kier alpha value is -1.82. The lowest BCUT2D eigenvalue weighted by atomic mass is 10.1. The van der Waals surface area contributed by atoms with Crippen LogP contribution in [0.1, 0.15) is 0 Å². The Morgan fingerprint density at radius 3 is 3.12 bits per heavy atom. The summed E-state index contributed by atoms with van der Waals surface area (Å²) in [5.41, 5.74) is 0.502. The number of fused-ring (bicyclic) bond motifs is 2. The van der Waals surface area contributed by atoms with Crippen molar-refractivity contribution < 1.29 is 14.4 Å².